The molecule has 1 amide bonds. The Morgan fingerprint density at radius 3 is 2.25 bits per heavy atom. The molecule has 0 unspecified atom stereocenters. The summed E-state index contributed by atoms with van der Waals surface area (Å²) < 4.78 is 5.42. The number of hydrogen-bond acceptors (Lipinski definition) is 5. The van der Waals surface area contributed by atoms with E-state index in [1.54, 1.807) is 44.2 Å². The Bertz CT molecular complexity index is 644. The smallest absolute Gasteiger partial charge is 0.338 e. The molecule has 1 fully saturated rings. The molecule has 0 saturated carbocycles. The molecule has 7 nitrogen and oxygen atoms in total. The van der Waals surface area contributed by atoms with Crippen LogP contribution in [0, 0.1) is 11.8 Å². The van der Waals surface area contributed by atoms with Gasteiger partial charge in [0.1, 0.15) is 12.2 Å². The van der Waals surface area contributed by atoms with Gasteiger partial charge >= 0.3 is 11.9 Å². The van der Waals surface area contributed by atoms with Gasteiger partial charge in [0.2, 0.25) is 11.4 Å². The average molecular weight is 335 g/mol. The lowest BCUT2D eigenvalue weighted by Gasteiger charge is -2.37. The van der Waals surface area contributed by atoms with Crippen LogP contribution in [0.4, 0.5) is 0 Å². The number of aliphatic carboxylic acids is 1. The quantitative estimate of drug-likeness (QED) is 0.687. The minimum Gasteiger partial charge on any atom is -0.479 e. The summed E-state index contributed by atoms with van der Waals surface area (Å²) in [4.78, 5) is 36.2. The first kappa shape index (κ1) is 17.9. The molecule has 7 heteroatoms. The number of benzene rings is 1. The first-order valence-electron chi connectivity index (χ1n) is 7.71. The molecule has 1 aliphatic heterocycles. The highest BCUT2D eigenvalue weighted by Crippen LogP contribution is 2.34. The second-order valence-electron chi connectivity index (χ2n) is 6.33. The first-order chi connectivity index (χ1) is 11.2. The molecule has 24 heavy (non-hydrogen) atoms. The number of amides is 1. The van der Waals surface area contributed by atoms with E-state index in [0.29, 0.717) is 0 Å². The van der Waals surface area contributed by atoms with Crippen LogP contribution in [0.1, 0.15) is 31.1 Å². The number of ether oxygens (including phenoxy) is 1. The number of hydrogen-bond donors (Lipinski definition) is 3. The zero-order valence-corrected chi connectivity index (χ0v) is 13.7. The lowest BCUT2D eigenvalue weighted by Crippen LogP contribution is -2.66. The summed E-state index contributed by atoms with van der Waals surface area (Å²) in [7, 11) is 0. The Morgan fingerprint density at radius 2 is 1.83 bits per heavy atom. The largest absolute Gasteiger partial charge is 0.479 e. The van der Waals surface area contributed by atoms with Gasteiger partial charge in [-0.05, 0) is 18.1 Å². The SMILES string of the molecule is CC(C)[C@H](OC(=O)c1ccccc1)[C@@]1(C(=O)O)NC(=O)[C@H](C)[C@@H]1O. The van der Waals surface area contributed by atoms with Gasteiger partial charge in [0.25, 0.3) is 0 Å². The van der Waals surface area contributed by atoms with E-state index >= 15 is 0 Å². The molecule has 1 saturated heterocycles. The first-order valence-corrected chi connectivity index (χ1v) is 7.71. The van der Waals surface area contributed by atoms with Crippen molar-refractivity contribution in [1.29, 1.82) is 0 Å². The summed E-state index contributed by atoms with van der Waals surface area (Å²) in [5, 5.41) is 22.4. The van der Waals surface area contributed by atoms with E-state index in [0.717, 1.165) is 0 Å². The van der Waals surface area contributed by atoms with Crippen molar-refractivity contribution in [1.82, 2.24) is 5.32 Å². The van der Waals surface area contributed by atoms with Crippen molar-refractivity contribution in [2.45, 2.75) is 38.5 Å². The summed E-state index contributed by atoms with van der Waals surface area (Å²) in [5.41, 5.74) is -1.81. The van der Waals surface area contributed by atoms with Crippen LogP contribution >= 0.6 is 0 Å². The summed E-state index contributed by atoms with van der Waals surface area (Å²) in [6.07, 6.45) is -2.75. The van der Waals surface area contributed by atoms with Gasteiger partial charge in [-0.1, -0.05) is 39.0 Å². The summed E-state index contributed by atoms with van der Waals surface area (Å²) >= 11 is 0. The van der Waals surface area contributed by atoms with Gasteiger partial charge < -0.3 is 20.3 Å². The highest BCUT2D eigenvalue weighted by molar-refractivity contribution is 5.95. The van der Waals surface area contributed by atoms with Crippen LogP contribution in [0.3, 0.4) is 0 Å². The molecular formula is C17H21NO6. The highest BCUT2D eigenvalue weighted by Gasteiger charge is 2.63. The Morgan fingerprint density at radius 1 is 1.25 bits per heavy atom. The van der Waals surface area contributed by atoms with Crippen LogP contribution < -0.4 is 5.32 Å². The molecule has 0 aromatic heterocycles. The maximum Gasteiger partial charge on any atom is 0.338 e. The zero-order chi connectivity index (χ0) is 18.1. The molecule has 4 atom stereocenters. The molecule has 0 bridgehead atoms. The van der Waals surface area contributed by atoms with Gasteiger partial charge in [-0.25, -0.2) is 9.59 Å². The van der Waals surface area contributed by atoms with Crippen molar-refractivity contribution in [2.24, 2.45) is 11.8 Å². The van der Waals surface area contributed by atoms with E-state index in [1.807, 2.05) is 0 Å². The maximum atomic E-state index is 12.3. The van der Waals surface area contributed by atoms with Crippen molar-refractivity contribution >= 4 is 17.8 Å². The van der Waals surface area contributed by atoms with E-state index < -0.39 is 47.4 Å². The minimum absolute atomic E-state index is 0.260. The highest BCUT2D eigenvalue weighted by atomic mass is 16.5. The van der Waals surface area contributed by atoms with Crippen molar-refractivity contribution in [3.63, 3.8) is 0 Å². The number of aliphatic hydroxyl groups excluding tert-OH is 1. The summed E-state index contributed by atoms with van der Waals surface area (Å²) in [5.74, 6) is -4.11. The zero-order valence-electron chi connectivity index (χ0n) is 13.7. The van der Waals surface area contributed by atoms with Crippen LogP contribution in [-0.2, 0) is 14.3 Å². The van der Waals surface area contributed by atoms with Crippen molar-refractivity contribution in [3.05, 3.63) is 35.9 Å². The van der Waals surface area contributed by atoms with Gasteiger partial charge in [-0.2, -0.15) is 0 Å². The number of aliphatic hydroxyl groups is 1. The monoisotopic (exact) mass is 335 g/mol. The van der Waals surface area contributed by atoms with E-state index in [2.05, 4.69) is 5.32 Å². The fourth-order valence-electron chi connectivity index (χ4n) is 2.98. The Kier molecular flexibility index (Phi) is 4.94. The number of esters is 1. The third-order valence-electron chi connectivity index (χ3n) is 4.34. The van der Waals surface area contributed by atoms with E-state index in [1.165, 1.54) is 6.92 Å². The fraction of sp³-hybridized carbons (Fsp3) is 0.471. The molecule has 1 aliphatic rings. The molecular weight excluding hydrogens is 314 g/mol. The molecule has 1 heterocycles. The number of carbonyl (C=O) groups excluding carboxylic acids is 2. The number of carboxylic acids is 1. The molecule has 0 spiro atoms. The minimum atomic E-state index is -2.07. The van der Waals surface area contributed by atoms with Crippen LogP contribution in [0.25, 0.3) is 0 Å². The molecule has 1 aromatic rings. The summed E-state index contributed by atoms with van der Waals surface area (Å²) in [6, 6.07) is 8.13. The van der Waals surface area contributed by atoms with Crippen molar-refractivity contribution in [3.8, 4) is 0 Å². The molecule has 1 aromatic carbocycles. The van der Waals surface area contributed by atoms with Crippen LogP contribution in [0.15, 0.2) is 30.3 Å². The van der Waals surface area contributed by atoms with Crippen molar-refractivity contribution in [2.75, 3.05) is 0 Å². The standard InChI is InChI=1S/C17H21NO6/c1-9(2)13(24-15(21)11-7-5-4-6-8-11)17(16(22)23)12(19)10(3)14(20)18-17/h4-10,12-13,19H,1-3H3,(H,18,20)(H,22,23)/t10-,12+,13+,17+/m1/s1. The maximum absolute atomic E-state index is 12.3. The Labute approximate surface area is 139 Å². The van der Waals surface area contributed by atoms with E-state index in [-0.39, 0.29) is 5.56 Å². The van der Waals surface area contributed by atoms with Crippen LogP contribution in [0.2, 0.25) is 0 Å². The lowest BCUT2D eigenvalue weighted by atomic mass is 9.80. The van der Waals surface area contributed by atoms with Crippen molar-refractivity contribution < 1.29 is 29.3 Å². The third kappa shape index (κ3) is 2.87. The average Bonchev–Trinajstić information content (AvgIpc) is 2.78. The van der Waals surface area contributed by atoms with Gasteiger partial charge in [0.15, 0.2) is 0 Å². The van der Waals surface area contributed by atoms with Crippen LogP contribution in [-0.4, -0.2) is 45.8 Å². The molecule has 3 N–H and O–H groups in total. The summed E-state index contributed by atoms with van der Waals surface area (Å²) in [6.45, 7) is 4.76. The topological polar surface area (TPSA) is 113 Å². The molecule has 2 rings (SSSR count). The predicted octanol–water partition coefficient (Wildman–Crippen LogP) is 0.818. The second-order valence-corrected chi connectivity index (χ2v) is 6.33. The van der Waals surface area contributed by atoms with E-state index in [4.69, 9.17) is 4.74 Å². The normalized spacial score (nSPS) is 27.6. The molecule has 0 aliphatic carbocycles. The van der Waals surface area contributed by atoms with Gasteiger partial charge in [0, 0.05) is 0 Å². The molecule has 0 radical (unpaired) electrons. The molecule has 130 valence electrons. The van der Waals surface area contributed by atoms with Crippen LogP contribution in [0.5, 0.6) is 0 Å². The Hall–Kier alpha value is -2.41. The third-order valence-corrected chi connectivity index (χ3v) is 4.34. The number of carboxylic acid groups (broad SMARTS) is 1. The predicted molar refractivity (Wildman–Crippen MR) is 84.2 cm³/mol. The van der Waals surface area contributed by atoms with Gasteiger partial charge in [-0.3, -0.25) is 4.79 Å². The van der Waals surface area contributed by atoms with Gasteiger partial charge in [-0.15, -0.1) is 0 Å². The van der Waals surface area contributed by atoms with Gasteiger partial charge in [0.05, 0.1) is 11.5 Å². The second kappa shape index (κ2) is 6.60. The number of rotatable bonds is 5. The number of carbonyl (C=O) groups is 3. The lowest BCUT2D eigenvalue weighted by molar-refractivity contribution is -0.159. The fourth-order valence-corrected chi connectivity index (χ4v) is 2.98. The van der Waals surface area contributed by atoms with E-state index in [9.17, 15) is 24.6 Å². The Balaban J connectivity index is 2.39. The number of nitrogens with one attached hydrogen (secondary N) is 1.